The molecule has 1 aliphatic heterocycles. The molecule has 0 saturated carbocycles. The number of ether oxygens (including phenoxy) is 2. The number of likely N-dealkylation sites (tertiary alicyclic amines) is 1. The van der Waals surface area contributed by atoms with E-state index in [9.17, 15) is 4.79 Å². The highest BCUT2D eigenvalue weighted by atomic mass is 16.5. The minimum atomic E-state index is -1.81. The lowest BCUT2D eigenvalue weighted by atomic mass is 9.85. The highest BCUT2D eigenvalue weighted by Crippen LogP contribution is 2.39. The molecule has 1 heterocycles. The smallest absolute Gasteiger partial charge is 0.166 e. The molecule has 2 aliphatic rings. The summed E-state index contributed by atoms with van der Waals surface area (Å²) >= 11 is 0. The standard InChI is InChI=1S/C24H29NO3/c1-27-22-14-19-13-20(24(26)21(19)15-23(22)28-2)12-17-8-10-25(11-9-17)16-18-6-4-3-5-7-18/h3-7,14-15,17,20H,8-13,16H2,1-2H3/i3D,4D,5D,6D,7D,13D2. The van der Waals surface area contributed by atoms with Crippen LogP contribution in [0.25, 0.3) is 0 Å². The third kappa shape index (κ3) is 3.93. The molecule has 0 bridgehead atoms. The molecule has 148 valence electrons. The zero-order valence-electron chi connectivity index (χ0n) is 23.2. The Hall–Kier alpha value is -2.33. The number of rotatable bonds is 6. The number of carbonyl (C=O) groups excluding carboxylic acids is 1. The Balaban J connectivity index is 1.45. The Bertz CT molecular complexity index is 1130. The number of hydrogen-bond donors (Lipinski definition) is 0. The van der Waals surface area contributed by atoms with Crippen molar-refractivity contribution < 1.29 is 23.9 Å². The van der Waals surface area contributed by atoms with Gasteiger partial charge in [-0.2, -0.15) is 0 Å². The Morgan fingerprint density at radius 3 is 2.46 bits per heavy atom. The van der Waals surface area contributed by atoms with Gasteiger partial charge in [0.2, 0.25) is 0 Å². The summed E-state index contributed by atoms with van der Waals surface area (Å²) in [5.74, 6) is -0.0608. The average Bonchev–Trinajstić information content (AvgIpc) is 3.04. The average molecular weight is 387 g/mol. The number of hydrogen-bond acceptors (Lipinski definition) is 4. The fourth-order valence-corrected chi connectivity index (χ4v) is 4.10. The van der Waals surface area contributed by atoms with E-state index in [4.69, 9.17) is 19.1 Å². The first kappa shape index (κ1) is 12.3. The van der Waals surface area contributed by atoms with Crippen LogP contribution in [0.3, 0.4) is 0 Å². The fraction of sp³-hybridized carbons (Fsp3) is 0.458. The van der Waals surface area contributed by atoms with Crippen molar-refractivity contribution in [3.05, 3.63) is 59.0 Å². The molecule has 1 atom stereocenters. The lowest BCUT2D eigenvalue weighted by molar-refractivity contribution is 0.0895. The van der Waals surface area contributed by atoms with Crippen molar-refractivity contribution >= 4 is 5.78 Å². The fourth-order valence-electron chi connectivity index (χ4n) is 4.10. The first-order valence-electron chi connectivity index (χ1n) is 13.1. The normalized spacial score (nSPS) is 25.6. The van der Waals surface area contributed by atoms with Gasteiger partial charge in [0.15, 0.2) is 17.3 Å². The molecular weight excluding hydrogens is 350 g/mol. The molecule has 4 nitrogen and oxygen atoms in total. The van der Waals surface area contributed by atoms with Crippen molar-refractivity contribution in [2.24, 2.45) is 11.8 Å². The van der Waals surface area contributed by atoms with Crippen LogP contribution in [-0.2, 0) is 12.9 Å². The van der Waals surface area contributed by atoms with Gasteiger partial charge in [0, 0.05) is 20.8 Å². The lowest BCUT2D eigenvalue weighted by Gasteiger charge is -2.32. The molecule has 28 heavy (non-hydrogen) atoms. The molecule has 1 unspecified atom stereocenters. The maximum absolute atomic E-state index is 13.2. The van der Waals surface area contributed by atoms with Crippen LogP contribution in [0.5, 0.6) is 11.5 Å². The van der Waals surface area contributed by atoms with E-state index in [2.05, 4.69) is 4.90 Å². The molecule has 4 heteroatoms. The van der Waals surface area contributed by atoms with Gasteiger partial charge < -0.3 is 9.47 Å². The van der Waals surface area contributed by atoms with E-state index >= 15 is 0 Å². The number of ketones is 1. The van der Waals surface area contributed by atoms with Crippen molar-refractivity contribution in [3.63, 3.8) is 0 Å². The van der Waals surface area contributed by atoms with E-state index < -0.39 is 18.3 Å². The van der Waals surface area contributed by atoms with Crippen LogP contribution >= 0.6 is 0 Å². The van der Waals surface area contributed by atoms with Gasteiger partial charge in [0.05, 0.1) is 21.1 Å². The van der Waals surface area contributed by atoms with E-state index in [1.165, 1.54) is 14.2 Å². The van der Waals surface area contributed by atoms with Crippen LogP contribution < -0.4 is 9.47 Å². The van der Waals surface area contributed by atoms with Gasteiger partial charge >= 0.3 is 0 Å². The van der Waals surface area contributed by atoms with Gasteiger partial charge in [-0.3, -0.25) is 9.69 Å². The molecular formula is C24H29NO3. The first-order chi connectivity index (χ1) is 16.5. The number of carbonyl (C=O) groups is 1. The van der Waals surface area contributed by atoms with Crippen LogP contribution in [0.2, 0.25) is 0 Å². The number of methoxy groups -OCH3 is 2. The highest BCUT2D eigenvalue weighted by molar-refractivity contribution is 6.02. The van der Waals surface area contributed by atoms with Crippen LogP contribution in [0.15, 0.2) is 42.3 Å². The Kier molecular flexibility index (Phi) is 3.66. The van der Waals surface area contributed by atoms with Gasteiger partial charge in [-0.05, 0) is 67.9 Å². The van der Waals surface area contributed by atoms with Crippen molar-refractivity contribution in [2.45, 2.75) is 32.2 Å². The Labute approximate surface area is 177 Å². The second-order valence-corrected chi connectivity index (χ2v) is 7.37. The third-order valence-corrected chi connectivity index (χ3v) is 5.65. The van der Waals surface area contributed by atoms with E-state index in [-0.39, 0.29) is 48.0 Å². The largest absolute Gasteiger partial charge is 0.493 e. The maximum atomic E-state index is 13.2. The Morgan fingerprint density at radius 1 is 1.11 bits per heavy atom. The monoisotopic (exact) mass is 386 g/mol. The molecule has 0 radical (unpaired) electrons. The van der Waals surface area contributed by atoms with E-state index in [0.717, 1.165) is 12.8 Å². The molecule has 1 aliphatic carbocycles. The summed E-state index contributed by atoms with van der Waals surface area (Å²) in [6.07, 6.45) is 0.0903. The summed E-state index contributed by atoms with van der Waals surface area (Å²) in [7, 11) is 2.96. The van der Waals surface area contributed by atoms with Crippen LogP contribution in [0.4, 0.5) is 0 Å². The van der Waals surface area contributed by atoms with Crippen molar-refractivity contribution in [3.8, 4) is 11.5 Å². The van der Waals surface area contributed by atoms with Crippen molar-refractivity contribution in [1.29, 1.82) is 0 Å². The predicted octanol–water partition coefficient (Wildman–Crippen LogP) is 4.36. The second kappa shape index (κ2) is 8.36. The van der Waals surface area contributed by atoms with Gasteiger partial charge in [-0.1, -0.05) is 30.2 Å². The molecule has 1 fully saturated rings. The zero-order valence-corrected chi connectivity index (χ0v) is 16.2. The molecule has 4 rings (SSSR count). The molecule has 0 N–H and O–H groups in total. The minimum Gasteiger partial charge on any atom is -0.493 e. The maximum Gasteiger partial charge on any atom is 0.166 e. The first-order valence-corrected chi connectivity index (χ1v) is 9.60. The summed E-state index contributed by atoms with van der Waals surface area (Å²) in [6, 6.07) is 1.73. The molecule has 0 spiro atoms. The number of piperidine rings is 1. The Morgan fingerprint density at radius 2 is 1.79 bits per heavy atom. The number of Topliss-reactive ketones (excluding diaryl/α,β-unsaturated/α-hetero) is 1. The SMILES string of the molecule is [2H]c1c([2H])c([2H])c(CN2CCC(CC3C(=O)c4cc(OC)c(OC)cc4C3([2H])[2H])CC2)c([2H])c1[2H]. The topological polar surface area (TPSA) is 38.8 Å². The van der Waals surface area contributed by atoms with Crippen LogP contribution in [0.1, 0.15) is 50.3 Å². The number of nitrogens with zero attached hydrogens (tertiary/aromatic N) is 1. The molecule has 0 aromatic heterocycles. The van der Waals surface area contributed by atoms with Crippen molar-refractivity contribution in [1.82, 2.24) is 4.90 Å². The van der Waals surface area contributed by atoms with E-state index in [0.29, 0.717) is 42.1 Å². The third-order valence-electron chi connectivity index (χ3n) is 5.65. The van der Waals surface area contributed by atoms with Crippen LogP contribution in [0, 0.1) is 11.8 Å². The second-order valence-electron chi connectivity index (χ2n) is 7.37. The zero-order chi connectivity index (χ0) is 25.7. The number of fused-ring (bicyclic) bond motifs is 1. The molecule has 0 amide bonds. The van der Waals surface area contributed by atoms with Gasteiger partial charge in [0.25, 0.3) is 0 Å². The quantitative estimate of drug-likeness (QED) is 0.739. The van der Waals surface area contributed by atoms with Gasteiger partial charge in [0.1, 0.15) is 0 Å². The van der Waals surface area contributed by atoms with E-state index in [1.807, 2.05) is 0 Å². The summed E-state index contributed by atoms with van der Waals surface area (Å²) < 4.78 is 67.8. The predicted molar refractivity (Wildman–Crippen MR) is 110 cm³/mol. The number of benzene rings is 2. The van der Waals surface area contributed by atoms with E-state index in [1.54, 1.807) is 12.1 Å². The summed E-state index contributed by atoms with van der Waals surface area (Å²) in [5, 5.41) is 0. The minimum absolute atomic E-state index is 0.147. The lowest BCUT2D eigenvalue weighted by Crippen LogP contribution is -2.34. The molecule has 2 aromatic carbocycles. The summed E-state index contributed by atoms with van der Waals surface area (Å²) in [6.45, 7) is 1.55. The summed E-state index contributed by atoms with van der Waals surface area (Å²) in [4.78, 5) is 15.2. The van der Waals surface area contributed by atoms with Crippen molar-refractivity contribution in [2.75, 3.05) is 27.3 Å². The summed E-state index contributed by atoms with van der Waals surface area (Å²) in [5.41, 5.74) is 0.968. The van der Waals surface area contributed by atoms with Gasteiger partial charge in [-0.25, -0.2) is 0 Å². The van der Waals surface area contributed by atoms with Gasteiger partial charge in [-0.15, -0.1) is 0 Å². The highest BCUT2D eigenvalue weighted by Gasteiger charge is 2.34. The molecule has 1 saturated heterocycles. The molecule has 2 aromatic rings. The van der Waals surface area contributed by atoms with Crippen LogP contribution in [-0.4, -0.2) is 38.0 Å².